The normalized spacial score (nSPS) is 11.5. The maximum Gasteiger partial charge on any atom is 0.338 e. The van der Waals surface area contributed by atoms with Crippen LogP contribution in [0.4, 0.5) is 0 Å². The number of nitrogens with one attached hydrogen (secondary N) is 1. The summed E-state index contributed by atoms with van der Waals surface area (Å²) in [4.78, 5) is 23.8. The lowest BCUT2D eigenvalue weighted by atomic mass is 10.0. The van der Waals surface area contributed by atoms with Crippen molar-refractivity contribution in [1.82, 2.24) is 20.3 Å². The van der Waals surface area contributed by atoms with E-state index in [1.54, 1.807) is 22.9 Å². The van der Waals surface area contributed by atoms with Gasteiger partial charge in [0.2, 0.25) is 0 Å². The summed E-state index contributed by atoms with van der Waals surface area (Å²) in [5.41, 5.74) is 1.51. The number of rotatable bonds is 6. The summed E-state index contributed by atoms with van der Waals surface area (Å²) in [6, 6.07) is 5.04. The molecule has 0 unspecified atom stereocenters. The number of fused-ring (bicyclic) bond motifs is 1. The molecular formula is C16H22N4O3. The van der Waals surface area contributed by atoms with Crippen molar-refractivity contribution in [2.45, 2.75) is 46.2 Å². The smallest absolute Gasteiger partial charge is 0.338 e. The standard InChI is InChI=1S/C16H22N4O3/c1-5-16(3,4)17-14(21)10-23-15(22)11-7-8-13-12(9-11)18-19-20(13)6-2/h7-9H,5-6,10H2,1-4H3,(H,17,21). The van der Waals surface area contributed by atoms with Gasteiger partial charge in [0.05, 0.1) is 11.1 Å². The van der Waals surface area contributed by atoms with Crippen LogP contribution in [0, 0.1) is 0 Å². The Labute approximate surface area is 135 Å². The Bertz CT molecular complexity index is 721. The number of amides is 1. The molecule has 7 nitrogen and oxygen atoms in total. The van der Waals surface area contributed by atoms with Gasteiger partial charge in [0, 0.05) is 12.1 Å². The van der Waals surface area contributed by atoms with Crippen LogP contribution in [0.25, 0.3) is 11.0 Å². The van der Waals surface area contributed by atoms with Crippen LogP contribution in [0.3, 0.4) is 0 Å². The summed E-state index contributed by atoms with van der Waals surface area (Å²) in [6.07, 6.45) is 0.788. The molecule has 0 aliphatic rings. The number of carbonyl (C=O) groups is 2. The average molecular weight is 318 g/mol. The van der Waals surface area contributed by atoms with Gasteiger partial charge < -0.3 is 10.1 Å². The first-order chi connectivity index (χ1) is 10.9. The molecule has 0 radical (unpaired) electrons. The Kier molecular flexibility index (Phi) is 4.98. The van der Waals surface area contributed by atoms with E-state index in [4.69, 9.17) is 4.74 Å². The fourth-order valence-electron chi connectivity index (χ4n) is 2.05. The Morgan fingerprint density at radius 1 is 1.30 bits per heavy atom. The zero-order valence-corrected chi connectivity index (χ0v) is 13.9. The first-order valence-corrected chi connectivity index (χ1v) is 7.67. The average Bonchev–Trinajstić information content (AvgIpc) is 2.94. The van der Waals surface area contributed by atoms with Gasteiger partial charge in [0.15, 0.2) is 6.61 Å². The molecule has 2 rings (SSSR count). The van der Waals surface area contributed by atoms with Crippen molar-refractivity contribution in [3.63, 3.8) is 0 Å². The number of aryl methyl sites for hydroxylation is 1. The van der Waals surface area contributed by atoms with Crippen molar-refractivity contribution in [2.75, 3.05) is 6.61 Å². The van der Waals surface area contributed by atoms with E-state index in [0.717, 1.165) is 11.9 Å². The van der Waals surface area contributed by atoms with E-state index in [1.165, 1.54) is 0 Å². The van der Waals surface area contributed by atoms with Crippen molar-refractivity contribution in [3.05, 3.63) is 23.8 Å². The zero-order valence-electron chi connectivity index (χ0n) is 13.9. The van der Waals surface area contributed by atoms with Crippen molar-refractivity contribution in [3.8, 4) is 0 Å². The third kappa shape index (κ3) is 4.06. The molecule has 1 amide bonds. The number of hydrogen-bond acceptors (Lipinski definition) is 5. The van der Waals surface area contributed by atoms with Crippen LogP contribution in [-0.4, -0.2) is 39.0 Å². The second-order valence-corrected chi connectivity index (χ2v) is 5.97. The van der Waals surface area contributed by atoms with Gasteiger partial charge in [-0.2, -0.15) is 0 Å². The second-order valence-electron chi connectivity index (χ2n) is 5.97. The lowest BCUT2D eigenvalue weighted by molar-refractivity contribution is -0.125. The Morgan fingerprint density at radius 2 is 2.04 bits per heavy atom. The van der Waals surface area contributed by atoms with E-state index in [0.29, 0.717) is 17.6 Å². The molecule has 0 saturated carbocycles. The largest absolute Gasteiger partial charge is 0.452 e. The van der Waals surface area contributed by atoms with E-state index in [2.05, 4.69) is 15.6 Å². The van der Waals surface area contributed by atoms with Gasteiger partial charge in [-0.1, -0.05) is 12.1 Å². The van der Waals surface area contributed by atoms with Crippen LogP contribution < -0.4 is 5.32 Å². The Hall–Kier alpha value is -2.44. The van der Waals surface area contributed by atoms with E-state index in [9.17, 15) is 9.59 Å². The number of carbonyl (C=O) groups excluding carboxylic acids is 2. The molecule has 0 aliphatic heterocycles. The van der Waals surface area contributed by atoms with Gasteiger partial charge in [-0.15, -0.1) is 5.10 Å². The summed E-state index contributed by atoms with van der Waals surface area (Å²) < 4.78 is 6.80. The van der Waals surface area contributed by atoms with Gasteiger partial charge in [-0.25, -0.2) is 9.48 Å². The minimum Gasteiger partial charge on any atom is -0.452 e. The summed E-state index contributed by atoms with van der Waals surface area (Å²) >= 11 is 0. The predicted octanol–water partition coefficient (Wildman–Crippen LogP) is 1.91. The Morgan fingerprint density at radius 3 is 2.70 bits per heavy atom. The van der Waals surface area contributed by atoms with E-state index in [-0.39, 0.29) is 18.1 Å². The minimum atomic E-state index is -0.553. The molecule has 0 spiro atoms. The molecule has 0 aliphatic carbocycles. The number of hydrogen-bond donors (Lipinski definition) is 1. The number of benzene rings is 1. The van der Waals surface area contributed by atoms with Crippen molar-refractivity contribution >= 4 is 22.9 Å². The molecule has 1 heterocycles. The fraction of sp³-hybridized carbons (Fsp3) is 0.500. The molecule has 0 bridgehead atoms. The highest BCUT2D eigenvalue weighted by Crippen LogP contribution is 2.14. The minimum absolute atomic E-state index is 0.304. The lowest BCUT2D eigenvalue weighted by Gasteiger charge is -2.24. The number of nitrogens with zero attached hydrogens (tertiary/aromatic N) is 3. The van der Waals surface area contributed by atoms with E-state index >= 15 is 0 Å². The monoisotopic (exact) mass is 318 g/mol. The highest BCUT2D eigenvalue weighted by molar-refractivity contribution is 5.94. The van der Waals surface area contributed by atoms with Crippen molar-refractivity contribution in [1.29, 1.82) is 0 Å². The molecule has 23 heavy (non-hydrogen) atoms. The highest BCUT2D eigenvalue weighted by atomic mass is 16.5. The molecule has 1 aromatic heterocycles. The molecule has 2 aromatic rings. The molecule has 1 aromatic carbocycles. The number of ether oxygens (including phenoxy) is 1. The molecule has 0 fully saturated rings. The van der Waals surface area contributed by atoms with E-state index in [1.807, 2.05) is 27.7 Å². The number of esters is 1. The predicted molar refractivity (Wildman–Crippen MR) is 86.0 cm³/mol. The maximum atomic E-state index is 12.0. The zero-order chi connectivity index (χ0) is 17.0. The quantitative estimate of drug-likeness (QED) is 0.822. The topological polar surface area (TPSA) is 86.1 Å². The van der Waals surface area contributed by atoms with Crippen LogP contribution in [0.15, 0.2) is 18.2 Å². The molecule has 7 heteroatoms. The summed E-state index contributed by atoms with van der Waals surface area (Å²) in [5.74, 6) is -0.870. The second kappa shape index (κ2) is 6.76. The van der Waals surface area contributed by atoms with Gasteiger partial charge in [-0.05, 0) is 45.4 Å². The molecule has 0 atom stereocenters. The first kappa shape index (κ1) is 16.9. The summed E-state index contributed by atoms with van der Waals surface area (Å²) in [7, 11) is 0. The van der Waals surface area contributed by atoms with Crippen LogP contribution in [0.1, 0.15) is 44.5 Å². The van der Waals surface area contributed by atoms with Crippen LogP contribution in [0.5, 0.6) is 0 Å². The van der Waals surface area contributed by atoms with E-state index < -0.39 is 5.97 Å². The van der Waals surface area contributed by atoms with Gasteiger partial charge in [-0.3, -0.25) is 4.79 Å². The summed E-state index contributed by atoms with van der Waals surface area (Å²) in [5, 5.41) is 10.8. The van der Waals surface area contributed by atoms with Gasteiger partial charge >= 0.3 is 5.97 Å². The summed E-state index contributed by atoms with van der Waals surface area (Å²) in [6.45, 7) is 8.17. The molecule has 0 saturated heterocycles. The van der Waals surface area contributed by atoms with Crippen molar-refractivity contribution in [2.24, 2.45) is 0 Å². The number of aromatic nitrogens is 3. The third-order valence-electron chi connectivity index (χ3n) is 3.75. The highest BCUT2D eigenvalue weighted by Gasteiger charge is 2.19. The maximum absolute atomic E-state index is 12.0. The first-order valence-electron chi connectivity index (χ1n) is 7.67. The van der Waals surface area contributed by atoms with Gasteiger partial charge in [0.25, 0.3) is 5.91 Å². The molecule has 1 N–H and O–H groups in total. The third-order valence-corrected chi connectivity index (χ3v) is 3.75. The van der Waals surface area contributed by atoms with Gasteiger partial charge in [0.1, 0.15) is 5.52 Å². The lowest BCUT2D eigenvalue weighted by Crippen LogP contribution is -2.44. The molecule has 124 valence electrons. The van der Waals surface area contributed by atoms with Crippen LogP contribution in [-0.2, 0) is 16.1 Å². The van der Waals surface area contributed by atoms with Crippen LogP contribution >= 0.6 is 0 Å². The Balaban J connectivity index is 1.99. The SMILES string of the molecule is CCn1nnc2cc(C(=O)OCC(=O)NC(C)(C)CC)ccc21. The van der Waals surface area contributed by atoms with Crippen LogP contribution in [0.2, 0.25) is 0 Å². The molecular weight excluding hydrogens is 296 g/mol. The van der Waals surface area contributed by atoms with Crippen molar-refractivity contribution < 1.29 is 14.3 Å². The fourth-order valence-corrected chi connectivity index (χ4v) is 2.05.